The SMILES string of the molecule is CN(CCc1ccccc1)Cc1ccc(F)cc1C(=O)O. The van der Waals surface area contributed by atoms with Crippen molar-refractivity contribution in [3.05, 3.63) is 71.0 Å². The molecule has 21 heavy (non-hydrogen) atoms. The summed E-state index contributed by atoms with van der Waals surface area (Å²) in [6.45, 7) is 1.29. The maximum absolute atomic E-state index is 13.1. The van der Waals surface area contributed by atoms with Crippen LogP contribution in [0, 0.1) is 5.82 Å². The fourth-order valence-corrected chi connectivity index (χ4v) is 2.22. The third-order valence-corrected chi connectivity index (χ3v) is 3.37. The van der Waals surface area contributed by atoms with Crippen LogP contribution in [0.25, 0.3) is 0 Å². The van der Waals surface area contributed by atoms with Gasteiger partial charge in [-0.25, -0.2) is 9.18 Å². The third-order valence-electron chi connectivity index (χ3n) is 3.37. The van der Waals surface area contributed by atoms with Crippen molar-refractivity contribution in [1.29, 1.82) is 0 Å². The standard InChI is InChI=1S/C17H18FNO2/c1-19(10-9-13-5-3-2-4-6-13)12-14-7-8-15(18)11-16(14)17(20)21/h2-8,11H,9-10,12H2,1H3,(H,20,21). The topological polar surface area (TPSA) is 40.5 Å². The van der Waals surface area contributed by atoms with Crippen molar-refractivity contribution in [2.75, 3.05) is 13.6 Å². The summed E-state index contributed by atoms with van der Waals surface area (Å²) in [6, 6.07) is 14.0. The molecule has 0 aliphatic heterocycles. The summed E-state index contributed by atoms with van der Waals surface area (Å²) in [4.78, 5) is 13.2. The zero-order valence-corrected chi connectivity index (χ0v) is 11.9. The number of carbonyl (C=O) groups is 1. The van der Waals surface area contributed by atoms with Crippen LogP contribution in [-0.2, 0) is 13.0 Å². The van der Waals surface area contributed by atoms with E-state index in [9.17, 15) is 9.18 Å². The molecule has 4 heteroatoms. The van der Waals surface area contributed by atoms with E-state index in [2.05, 4.69) is 12.1 Å². The number of nitrogens with zero attached hydrogens (tertiary/aromatic N) is 1. The number of halogens is 1. The number of aromatic carboxylic acids is 1. The van der Waals surface area contributed by atoms with E-state index in [1.807, 2.05) is 30.1 Å². The normalized spacial score (nSPS) is 10.8. The van der Waals surface area contributed by atoms with Gasteiger partial charge in [0.05, 0.1) is 5.56 Å². The summed E-state index contributed by atoms with van der Waals surface area (Å²) in [5, 5.41) is 9.13. The van der Waals surface area contributed by atoms with E-state index >= 15 is 0 Å². The summed E-state index contributed by atoms with van der Waals surface area (Å²) in [7, 11) is 1.93. The number of likely N-dealkylation sites (N-methyl/N-ethyl adjacent to an activating group) is 1. The molecule has 0 fully saturated rings. The Morgan fingerprint density at radius 3 is 2.57 bits per heavy atom. The Labute approximate surface area is 123 Å². The van der Waals surface area contributed by atoms with Crippen LogP contribution in [0.15, 0.2) is 48.5 Å². The van der Waals surface area contributed by atoms with Crippen LogP contribution < -0.4 is 0 Å². The van der Waals surface area contributed by atoms with Crippen molar-refractivity contribution >= 4 is 5.97 Å². The van der Waals surface area contributed by atoms with Gasteiger partial charge in [0.25, 0.3) is 0 Å². The molecule has 0 aliphatic carbocycles. The molecular formula is C17H18FNO2. The molecule has 2 aromatic rings. The Balaban J connectivity index is 1.99. The smallest absolute Gasteiger partial charge is 0.336 e. The molecule has 2 rings (SSSR count). The van der Waals surface area contributed by atoms with E-state index in [0.29, 0.717) is 12.1 Å². The lowest BCUT2D eigenvalue weighted by Crippen LogP contribution is -2.22. The van der Waals surface area contributed by atoms with E-state index in [1.54, 1.807) is 0 Å². The van der Waals surface area contributed by atoms with Gasteiger partial charge in [-0.2, -0.15) is 0 Å². The minimum absolute atomic E-state index is 0.0292. The predicted octanol–water partition coefficient (Wildman–Crippen LogP) is 3.20. The lowest BCUT2D eigenvalue weighted by atomic mass is 10.1. The number of hydrogen-bond donors (Lipinski definition) is 1. The number of carboxylic acid groups (broad SMARTS) is 1. The van der Waals surface area contributed by atoms with Crippen LogP contribution in [0.2, 0.25) is 0 Å². The lowest BCUT2D eigenvalue weighted by molar-refractivity contribution is 0.0694. The molecule has 3 nitrogen and oxygen atoms in total. The number of hydrogen-bond acceptors (Lipinski definition) is 2. The first-order chi connectivity index (χ1) is 10.1. The number of benzene rings is 2. The number of rotatable bonds is 6. The monoisotopic (exact) mass is 287 g/mol. The molecule has 1 N–H and O–H groups in total. The van der Waals surface area contributed by atoms with Crippen LogP contribution in [0.4, 0.5) is 4.39 Å². The van der Waals surface area contributed by atoms with Crippen molar-refractivity contribution in [3.63, 3.8) is 0 Å². The highest BCUT2D eigenvalue weighted by Gasteiger charge is 2.12. The highest BCUT2D eigenvalue weighted by atomic mass is 19.1. The average molecular weight is 287 g/mol. The molecule has 0 amide bonds. The molecule has 0 radical (unpaired) electrons. The van der Waals surface area contributed by atoms with Gasteiger partial charge in [-0.3, -0.25) is 0 Å². The second-order valence-corrected chi connectivity index (χ2v) is 5.08. The molecule has 0 heterocycles. The summed E-state index contributed by atoms with van der Waals surface area (Å²) in [5.74, 6) is -1.62. The Morgan fingerprint density at radius 2 is 1.90 bits per heavy atom. The minimum Gasteiger partial charge on any atom is -0.478 e. The zero-order chi connectivity index (χ0) is 15.2. The van der Waals surface area contributed by atoms with Gasteiger partial charge in [-0.05, 0) is 36.7 Å². The summed E-state index contributed by atoms with van der Waals surface area (Å²) < 4.78 is 13.1. The first-order valence-electron chi connectivity index (χ1n) is 6.80. The molecule has 0 aliphatic rings. The summed E-state index contributed by atoms with van der Waals surface area (Å²) in [6.07, 6.45) is 0.890. The van der Waals surface area contributed by atoms with Crippen LogP contribution in [-0.4, -0.2) is 29.6 Å². The Morgan fingerprint density at radius 1 is 1.19 bits per heavy atom. The first kappa shape index (κ1) is 15.2. The molecule has 0 spiro atoms. The fraction of sp³-hybridized carbons (Fsp3) is 0.235. The second-order valence-electron chi connectivity index (χ2n) is 5.08. The van der Waals surface area contributed by atoms with Crippen molar-refractivity contribution in [2.45, 2.75) is 13.0 Å². The Bertz CT molecular complexity index is 613. The van der Waals surface area contributed by atoms with Gasteiger partial charge in [0.2, 0.25) is 0 Å². The summed E-state index contributed by atoms with van der Waals surface area (Å²) in [5.41, 5.74) is 1.89. The molecule has 0 bridgehead atoms. The first-order valence-corrected chi connectivity index (χ1v) is 6.80. The van der Waals surface area contributed by atoms with Crippen LogP contribution in [0.3, 0.4) is 0 Å². The van der Waals surface area contributed by atoms with E-state index in [0.717, 1.165) is 19.0 Å². The van der Waals surface area contributed by atoms with Gasteiger partial charge in [0.15, 0.2) is 0 Å². The van der Waals surface area contributed by atoms with E-state index < -0.39 is 11.8 Å². The molecule has 0 aromatic heterocycles. The maximum atomic E-state index is 13.1. The van der Waals surface area contributed by atoms with Crippen LogP contribution >= 0.6 is 0 Å². The van der Waals surface area contributed by atoms with Crippen molar-refractivity contribution in [1.82, 2.24) is 4.90 Å². The lowest BCUT2D eigenvalue weighted by Gasteiger charge is -2.18. The molecule has 0 unspecified atom stereocenters. The molecule has 0 saturated heterocycles. The molecular weight excluding hydrogens is 269 g/mol. The van der Waals surface area contributed by atoms with Gasteiger partial charge in [0, 0.05) is 13.1 Å². The molecule has 0 atom stereocenters. The molecule has 110 valence electrons. The number of carboxylic acids is 1. The van der Waals surface area contributed by atoms with Gasteiger partial charge >= 0.3 is 5.97 Å². The zero-order valence-electron chi connectivity index (χ0n) is 11.9. The highest BCUT2D eigenvalue weighted by molar-refractivity contribution is 5.89. The van der Waals surface area contributed by atoms with Gasteiger partial charge in [-0.15, -0.1) is 0 Å². The van der Waals surface area contributed by atoms with Gasteiger partial charge in [0.1, 0.15) is 5.82 Å². The van der Waals surface area contributed by atoms with Gasteiger partial charge in [-0.1, -0.05) is 36.4 Å². The van der Waals surface area contributed by atoms with Crippen molar-refractivity contribution in [2.24, 2.45) is 0 Å². The maximum Gasteiger partial charge on any atom is 0.336 e. The van der Waals surface area contributed by atoms with Gasteiger partial charge < -0.3 is 10.0 Å². The van der Waals surface area contributed by atoms with E-state index in [4.69, 9.17) is 5.11 Å². The highest BCUT2D eigenvalue weighted by Crippen LogP contribution is 2.14. The largest absolute Gasteiger partial charge is 0.478 e. The Kier molecular flexibility index (Phi) is 5.06. The van der Waals surface area contributed by atoms with E-state index in [1.165, 1.54) is 17.7 Å². The van der Waals surface area contributed by atoms with Crippen molar-refractivity contribution in [3.8, 4) is 0 Å². The molecule has 2 aromatic carbocycles. The minimum atomic E-state index is -1.10. The van der Waals surface area contributed by atoms with Crippen LogP contribution in [0.1, 0.15) is 21.5 Å². The van der Waals surface area contributed by atoms with E-state index in [-0.39, 0.29) is 5.56 Å². The third kappa shape index (κ3) is 4.39. The Hall–Kier alpha value is -2.20. The average Bonchev–Trinajstić information content (AvgIpc) is 2.48. The second kappa shape index (κ2) is 6.99. The van der Waals surface area contributed by atoms with Crippen LogP contribution in [0.5, 0.6) is 0 Å². The van der Waals surface area contributed by atoms with Crippen molar-refractivity contribution < 1.29 is 14.3 Å². The fourth-order valence-electron chi connectivity index (χ4n) is 2.22. The summed E-state index contributed by atoms with van der Waals surface area (Å²) >= 11 is 0. The molecule has 0 saturated carbocycles. The quantitative estimate of drug-likeness (QED) is 0.887. The predicted molar refractivity (Wildman–Crippen MR) is 79.8 cm³/mol.